The number of nitrogens with one attached hydrogen (secondary N) is 1. The van der Waals surface area contributed by atoms with Crippen LogP contribution in [0.15, 0.2) is 16.8 Å². The van der Waals surface area contributed by atoms with Crippen LogP contribution in [0.25, 0.3) is 0 Å². The van der Waals surface area contributed by atoms with Crippen LogP contribution in [-0.4, -0.2) is 55.0 Å². The zero-order valence-corrected chi connectivity index (χ0v) is 12.7. The molecule has 1 amide bonds. The number of carbonyl (C=O) groups excluding carboxylic acids is 1. The molecule has 0 radical (unpaired) electrons. The van der Waals surface area contributed by atoms with E-state index in [-0.39, 0.29) is 0 Å². The standard InChI is InChI=1S/C15H23N3OS/c19-15(18-9-5-16-6-10-18)3-8-17-7-1-2-14(17)13-4-11-20-12-13/h4,11-12,14,16H,1-3,5-10H2. The summed E-state index contributed by atoms with van der Waals surface area (Å²) in [4.78, 5) is 16.7. The van der Waals surface area contributed by atoms with E-state index in [9.17, 15) is 4.79 Å². The Morgan fingerprint density at radius 1 is 1.35 bits per heavy atom. The van der Waals surface area contributed by atoms with Gasteiger partial charge in [-0.05, 0) is 41.8 Å². The summed E-state index contributed by atoms with van der Waals surface area (Å²) in [6.07, 6.45) is 3.15. The smallest absolute Gasteiger partial charge is 0.223 e. The van der Waals surface area contributed by atoms with Crippen LogP contribution in [-0.2, 0) is 4.79 Å². The summed E-state index contributed by atoms with van der Waals surface area (Å²) in [6.45, 7) is 5.65. The lowest BCUT2D eigenvalue weighted by molar-refractivity contribution is -0.132. The second-order valence-electron chi connectivity index (χ2n) is 5.63. The van der Waals surface area contributed by atoms with Crippen LogP contribution >= 0.6 is 11.3 Å². The molecule has 20 heavy (non-hydrogen) atoms. The highest BCUT2D eigenvalue weighted by Gasteiger charge is 2.27. The number of hydrogen-bond acceptors (Lipinski definition) is 4. The highest BCUT2D eigenvalue weighted by Crippen LogP contribution is 2.32. The first-order valence-corrected chi connectivity index (χ1v) is 8.53. The van der Waals surface area contributed by atoms with Crippen molar-refractivity contribution in [3.63, 3.8) is 0 Å². The molecule has 1 aromatic heterocycles. The molecule has 0 spiro atoms. The first-order valence-electron chi connectivity index (χ1n) is 7.59. The Morgan fingerprint density at radius 2 is 2.20 bits per heavy atom. The molecule has 4 nitrogen and oxygen atoms in total. The molecule has 2 aliphatic rings. The van der Waals surface area contributed by atoms with E-state index in [4.69, 9.17) is 0 Å². The average Bonchev–Trinajstić information content (AvgIpc) is 3.16. The monoisotopic (exact) mass is 293 g/mol. The number of likely N-dealkylation sites (tertiary alicyclic amines) is 1. The van der Waals surface area contributed by atoms with Crippen LogP contribution in [0.3, 0.4) is 0 Å². The summed E-state index contributed by atoms with van der Waals surface area (Å²) in [7, 11) is 0. The maximum absolute atomic E-state index is 12.2. The van der Waals surface area contributed by atoms with E-state index < -0.39 is 0 Å². The lowest BCUT2D eigenvalue weighted by Crippen LogP contribution is -2.47. The lowest BCUT2D eigenvalue weighted by atomic mass is 10.1. The van der Waals surface area contributed by atoms with Gasteiger partial charge in [0.25, 0.3) is 0 Å². The molecule has 0 saturated carbocycles. The fourth-order valence-corrected chi connectivity index (χ4v) is 3.95. The number of carbonyl (C=O) groups is 1. The molecule has 2 saturated heterocycles. The van der Waals surface area contributed by atoms with Crippen LogP contribution < -0.4 is 5.32 Å². The first-order chi connectivity index (χ1) is 9.84. The Labute approximate surface area is 124 Å². The molecular formula is C15H23N3OS. The van der Waals surface area contributed by atoms with E-state index in [1.165, 1.54) is 18.4 Å². The van der Waals surface area contributed by atoms with Crippen LogP contribution in [0, 0.1) is 0 Å². The third kappa shape index (κ3) is 3.22. The fourth-order valence-electron chi connectivity index (χ4n) is 3.25. The highest BCUT2D eigenvalue weighted by molar-refractivity contribution is 7.07. The topological polar surface area (TPSA) is 35.6 Å². The number of rotatable bonds is 4. The molecule has 0 aliphatic carbocycles. The van der Waals surface area contributed by atoms with Gasteiger partial charge in [-0.2, -0.15) is 11.3 Å². The van der Waals surface area contributed by atoms with Gasteiger partial charge in [0.1, 0.15) is 0 Å². The zero-order chi connectivity index (χ0) is 13.8. The molecule has 1 N–H and O–H groups in total. The van der Waals surface area contributed by atoms with E-state index in [0.29, 0.717) is 18.4 Å². The van der Waals surface area contributed by atoms with Crippen molar-refractivity contribution < 1.29 is 4.79 Å². The second-order valence-corrected chi connectivity index (χ2v) is 6.41. The van der Waals surface area contributed by atoms with Gasteiger partial charge < -0.3 is 10.2 Å². The molecule has 2 fully saturated rings. The Morgan fingerprint density at radius 3 is 2.95 bits per heavy atom. The number of thiophene rings is 1. The molecule has 110 valence electrons. The van der Waals surface area contributed by atoms with E-state index >= 15 is 0 Å². The van der Waals surface area contributed by atoms with Crippen molar-refractivity contribution in [2.24, 2.45) is 0 Å². The maximum atomic E-state index is 12.2. The van der Waals surface area contributed by atoms with Crippen molar-refractivity contribution in [2.45, 2.75) is 25.3 Å². The quantitative estimate of drug-likeness (QED) is 0.918. The van der Waals surface area contributed by atoms with Crippen LogP contribution in [0.2, 0.25) is 0 Å². The normalized spacial score (nSPS) is 24.2. The van der Waals surface area contributed by atoms with Crippen LogP contribution in [0.4, 0.5) is 0 Å². The van der Waals surface area contributed by atoms with Gasteiger partial charge in [-0.3, -0.25) is 9.69 Å². The Bertz CT molecular complexity index is 428. The van der Waals surface area contributed by atoms with Gasteiger partial charge >= 0.3 is 0 Å². The molecule has 2 aliphatic heterocycles. The van der Waals surface area contributed by atoms with Crippen molar-refractivity contribution in [2.75, 3.05) is 39.3 Å². The Hall–Kier alpha value is -0.910. The van der Waals surface area contributed by atoms with E-state index in [0.717, 1.165) is 39.3 Å². The minimum Gasteiger partial charge on any atom is -0.340 e. The van der Waals surface area contributed by atoms with Gasteiger partial charge in [-0.15, -0.1) is 0 Å². The number of amides is 1. The van der Waals surface area contributed by atoms with Crippen LogP contribution in [0.5, 0.6) is 0 Å². The summed E-state index contributed by atoms with van der Waals surface area (Å²) in [5.74, 6) is 0.322. The molecule has 3 heterocycles. The number of hydrogen-bond donors (Lipinski definition) is 1. The highest BCUT2D eigenvalue weighted by atomic mass is 32.1. The SMILES string of the molecule is O=C(CCN1CCCC1c1ccsc1)N1CCNCC1. The zero-order valence-electron chi connectivity index (χ0n) is 11.9. The van der Waals surface area contributed by atoms with Gasteiger partial charge in [0, 0.05) is 45.2 Å². The minimum absolute atomic E-state index is 0.322. The van der Waals surface area contributed by atoms with Crippen molar-refractivity contribution in [1.82, 2.24) is 15.1 Å². The van der Waals surface area contributed by atoms with Crippen molar-refractivity contribution in [3.05, 3.63) is 22.4 Å². The summed E-state index contributed by atoms with van der Waals surface area (Å²) >= 11 is 1.77. The van der Waals surface area contributed by atoms with Crippen molar-refractivity contribution >= 4 is 17.2 Å². The predicted octanol–water partition coefficient (Wildman–Crippen LogP) is 1.71. The Kier molecular flexibility index (Phi) is 4.70. The molecular weight excluding hydrogens is 270 g/mol. The third-order valence-electron chi connectivity index (χ3n) is 4.37. The minimum atomic E-state index is 0.322. The van der Waals surface area contributed by atoms with Crippen molar-refractivity contribution in [1.29, 1.82) is 0 Å². The van der Waals surface area contributed by atoms with E-state index in [1.807, 2.05) is 4.90 Å². The number of nitrogens with zero attached hydrogens (tertiary/aromatic N) is 2. The van der Waals surface area contributed by atoms with Gasteiger partial charge in [0.2, 0.25) is 5.91 Å². The summed E-state index contributed by atoms with van der Waals surface area (Å²) < 4.78 is 0. The molecule has 5 heteroatoms. The summed E-state index contributed by atoms with van der Waals surface area (Å²) in [5.41, 5.74) is 1.43. The summed E-state index contributed by atoms with van der Waals surface area (Å²) in [5, 5.41) is 7.69. The largest absolute Gasteiger partial charge is 0.340 e. The molecule has 0 aromatic carbocycles. The lowest BCUT2D eigenvalue weighted by Gasteiger charge is -2.29. The maximum Gasteiger partial charge on any atom is 0.223 e. The molecule has 1 unspecified atom stereocenters. The molecule has 1 aromatic rings. The van der Waals surface area contributed by atoms with Gasteiger partial charge in [0.05, 0.1) is 0 Å². The Balaban J connectivity index is 1.51. The number of piperazine rings is 1. The van der Waals surface area contributed by atoms with Gasteiger partial charge in [-0.25, -0.2) is 0 Å². The fraction of sp³-hybridized carbons (Fsp3) is 0.667. The summed E-state index contributed by atoms with van der Waals surface area (Å²) in [6, 6.07) is 2.77. The average molecular weight is 293 g/mol. The van der Waals surface area contributed by atoms with Crippen molar-refractivity contribution in [3.8, 4) is 0 Å². The first kappa shape index (κ1) is 14.0. The molecule has 0 bridgehead atoms. The third-order valence-corrected chi connectivity index (χ3v) is 5.08. The van der Waals surface area contributed by atoms with E-state index in [1.54, 1.807) is 11.3 Å². The molecule has 3 rings (SSSR count). The predicted molar refractivity (Wildman–Crippen MR) is 81.9 cm³/mol. The second kappa shape index (κ2) is 6.70. The van der Waals surface area contributed by atoms with Gasteiger partial charge in [-0.1, -0.05) is 0 Å². The van der Waals surface area contributed by atoms with Gasteiger partial charge in [0.15, 0.2) is 0 Å². The van der Waals surface area contributed by atoms with E-state index in [2.05, 4.69) is 27.0 Å². The molecule has 1 atom stereocenters. The van der Waals surface area contributed by atoms with Crippen LogP contribution in [0.1, 0.15) is 30.9 Å².